The Balaban J connectivity index is 1.91. The number of hydrogen-bond donors (Lipinski definition) is 1. The fourth-order valence-electron chi connectivity index (χ4n) is 3.62. The molecule has 162 valence electrons. The van der Waals surface area contributed by atoms with E-state index in [9.17, 15) is 31.5 Å². The molecule has 4 rings (SSSR count). The molecule has 1 aliphatic rings. The predicted octanol–water partition coefficient (Wildman–Crippen LogP) is 3.32. The first-order chi connectivity index (χ1) is 14.6. The van der Waals surface area contributed by atoms with Crippen molar-refractivity contribution in [3.8, 4) is 11.6 Å². The lowest BCUT2D eigenvalue weighted by Crippen LogP contribution is -2.21. The average molecular weight is 450 g/mol. The Kier molecular flexibility index (Phi) is 5.12. The Hall–Kier alpha value is -3.14. The monoisotopic (exact) mass is 450 g/mol. The van der Waals surface area contributed by atoms with Crippen LogP contribution < -0.4 is 5.56 Å². The zero-order valence-electron chi connectivity index (χ0n) is 16.0. The summed E-state index contributed by atoms with van der Waals surface area (Å²) in [6, 6.07) is 9.92. The van der Waals surface area contributed by atoms with Gasteiger partial charge in [0.1, 0.15) is 0 Å². The van der Waals surface area contributed by atoms with Crippen LogP contribution in [-0.4, -0.2) is 41.9 Å². The predicted molar refractivity (Wildman–Crippen MR) is 111 cm³/mol. The van der Waals surface area contributed by atoms with Crippen LogP contribution in [0.15, 0.2) is 58.3 Å². The molecular weight excluding hydrogens is 433 g/mol. The maximum absolute atomic E-state index is 13.2. The van der Waals surface area contributed by atoms with E-state index in [1.165, 1.54) is 18.3 Å². The molecule has 1 saturated heterocycles. The van der Waals surface area contributed by atoms with Crippen molar-refractivity contribution < 1.29 is 26.7 Å². The van der Waals surface area contributed by atoms with Crippen LogP contribution in [0.2, 0.25) is 0 Å². The van der Waals surface area contributed by atoms with Gasteiger partial charge in [0.15, 0.2) is 9.84 Å². The largest absolute Gasteiger partial charge is 0.494 e. The van der Waals surface area contributed by atoms with Gasteiger partial charge < -0.3 is 5.11 Å². The summed E-state index contributed by atoms with van der Waals surface area (Å²) >= 11 is 0. The quantitative estimate of drug-likeness (QED) is 0.620. The first kappa shape index (κ1) is 21.1. The van der Waals surface area contributed by atoms with Crippen LogP contribution in [0.4, 0.5) is 13.2 Å². The summed E-state index contributed by atoms with van der Waals surface area (Å²) in [5.74, 6) is -0.673. The van der Waals surface area contributed by atoms with Crippen LogP contribution >= 0.6 is 0 Å². The van der Waals surface area contributed by atoms with Gasteiger partial charge in [0.2, 0.25) is 5.88 Å². The van der Waals surface area contributed by atoms with Gasteiger partial charge in [-0.3, -0.25) is 9.79 Å². The Labute approximate surface area is 175 Å². The molecule has 31 heavy (non-hydrogen) atoms. The lowest BCUT2D eigenvalue weighted by molar-refractivity contribution is -0.137. The molecule has 1 aliphatic heterocycles. The standard InChI is InChI=1S/C21H17F3N2O4S/c22-21(23,24)13-4-3-5-15(10-13)26-19(27)17-7-2-1-6-16(17)18(20(26)28)11-25-14-8-9-31(29,30)12-14/h1-7,10-11,14,28H,8-9,12H2. The van der Waals surface area contributed by atoms with Gasteiger partial charge >= 0.3 is 6.18 Å². The van der Waals surface area contributed by atoms with E-state index in [2.05, 4.69) is 4.99 Å². The summed E-state index contributed by atoms with van der Waals surface area (Å²) in [4.78, 5) is 17.3. The van der Waals surface area contributed by atoms with Crippen molar-refractivity contribution in [3.63, 3.8) is 0 Å². The van der Waals surface area contributed by atoms with Crippen molar-refractivity contribution in [3.05, 3.63) is 70.0 Å². The van der Waals surface area contributed by atoms with Crippen LogP contribution in [0.25, 0.3) is 16.5 Å². The van der Waals surface area contributed by atoms with E-state index in [0.29, 0.717) is 11.8 Å². The molecule has 1 fully saturated rings. The molecule has 1 atom stereocenters. The van der Waals surface area contributed by atoms with Crippen molar-refractivity contribution in [2.45, 2.75) is 18.6 Å². The van der Waals surface area contributed by atoms with Crippen LogP contribution in [0.5, 0.6) is 5.88 Å². The molecule has 0 bridgehead atoms. The van der Waals surface area contributed by atoms with Gasteiger partial charge in [0, 0.05) is 17.0 Å². The van der Waals surface area contributed by atoms with E-state index in [1.807, 2.05) is 0 Å². The number of fused-ring (bicyclic) bond motifs is 1. The molecule has 1 unspecified atom stereocenters. The molecule has 1 aromatic heterocycles. The van der Waals surface area contributed by atoms with E-state index < -0.39 is 39.1 Å². The lowest BCUT2D eigenvalue weighted by atomic mass is 10.1. The second kappa shape index (κ2) is 7.52. The lowest BCUT2D eigenvalue weighted by Gasteiger charge is -2.15. The van der Waals surface area contributed by atoms with Crippen LogP contribution in [0.3, 0.4) is 0 Å². The minimum absolute atomic E-state index is 0.0193. The molecule has 0 saturated carbocycles. The fraction of sp³-hybridized carbons (Fsp3) is 0.238. The highest BCUT2D eigenvalue weighted by atomic mass is 32.2. The number of benzene rings is 2. The molecule has 0 amide bonds. The highest BCUT2D eigenvalue weighted by Gasteiger charge is 2.31. The number of aliphatic imine (C=N–C) groups is 1. The third-order valence-electron chi connectivity index (χ3n) is 5.16. The number of alkyl halides is 3. The van der Waals surface area contributed by atoms with Crippen molar-refractivity contribution in [1.29, 1.82) is 0 Å². The second-order valence-corrected chi connectivity index (χ2v) is 9.54. The van der Waals surface area contributed by atoms with E-state index in [4.69, 9.17) is 0 Å². The summed E-state index contributed by atoms with van der Waals surface area (Å²) < 4.78 is 63.6. The fourth-order valence-corrected chi connectivity index (χ4v) is 5.26. The summed E-state index contributed by atoms with van der Waals surface area (Å²) in [7, 11) is -3.17. The Morgan fingerprint density at radius 3 is 2.45 bits per heavy atom. The van der Waals surface area contributed by atoms with Gasteiger partial charge in [-0.1, -0.05) is 24.3 Å². The average Bonchev–Trinajstić information content (AvgIpc) is 3.06. The zero-order valence-corrected chi connectivity index (χ0v) is 16.8. The Morgan fingerprint density at radius 2 is 1.81 bits per heavy atom. The van der Waals surface area contributed by atoms with Crippen LogP contribution in [0.1, 0.15) is 17.5 Å². The third kappa shape index (κ3) is 4.07. The Morgan fingerprint density at radius 1 is 1.10 bits per heavy atom. The number of pyridine rings is 1. The van der Waals surface area contributed by atoms with Gasteiger partial charge in [-0.25, -0.2) is 13.0 Å². The third-order valence-corrected chi connectivity index (χ3v) is 6.91. The molecule has 0 aliphatic carbocycles. The topological polar surface area (TPSA) is 88.7 Å². The normalized spacial score (nSPS) is 18.7. The van der Waals surface area contributed by atoms with Gasteiger partial charge in [-0.2, -0.15) is 13.2 Å². The smallest absolute Gasteiger partial charge is 0.416 e. The summed E-state index contributed by atoms with van der Waals surface area (Å²) in [5.41, 5.74) is -1.68. The maximum atomic E-state index is 13.2. The first-order valence-corrected chi connectivity index (χ1v) is 11.2. The second-order valence-electron chi connectivity index (χ2n) is 7.31. The molecule has 10 heteroatoms. The molecule has 2 heterocycles. The van der Waals surface area contributed by atoms with Gasteiger partial charge in [0.25, 0.3) is 5.56 Å². The molecule has 0 spiro atoms. The SMILES string of the molecule is O=c1c2ccccc2c(C=NC2CCS(=O)(=O)C2)c(O)n1-c1cccc(C(F)(F)F)c1. The molecule has 6 nitrogen and oxygen atoms in total. The molecular formula is C21H17F3N2O4S. The number of rotatable bonds is 3. The summed E-state index contributed by atoms with van der Waals surface area (Å²) in [5, 5.41) is 11.4. The first-order valence-electron chi connectivity index (χ1n) is 9.35. The van der Waals surface area contributed by atoms with Gasteiger partial charge in [0.05, 0.1) is 34.4 Å². The number of nitrogens with zero attached hydrogens (tertiary/aromatic N) is 2. The van der Waals surface area contributed by atoms with E-state index in [1.54, 1.807) is 18.2 Å². The molecule has 0 radical (unpaired) electrons. The van der Waals surface area contributed by atoms with E-state index >= 15 is 0 Å². The van der Waals surface area contributed by atoms with Crippen molar-refractivity contribution in [2.75, 3.05) is 11.5 Å². The Bertz CT molecular complexity index is 1360. The van der Waals surface area contributed by atoms with E-state index in [-0.39, 0.29) is 28.1 Å². The van der Waals surface area contributed by atoms with Gasteiger partial charge in [-0.15, -0.1) is 0 Å². The van der Waals surface area contributed by atoms with Crippen molar-refractivity contribution in [2.24, 2.45) is 4.99 Å². The number of aromatic hydroxyl groups is 1. The summed E-state index contributed by atoms with van der Waals surface area (Å²) in [6.45, 7) is 0. The van der Waals surface area contributed by atoms with E-state index in [0.717, 1.165) is 22.8 Å². The number of sulfone groups is 1. The van der Waals surface area contributed by atoms with Crippen molar-refractivity contribution >= 4 is 26.8 Å². The summed E-state index contributed by atoms with van der Waals surface area (Å²) in [6.07, 6.45) is -3.00. The number of aromatic nitrogens is 1. The highest BCUT2D eigenvalue weighted by molar-refractivity contribution is 7.91. The minimum atomic E-state index is -4.62. The molecule has 1 N–H and O–H groups in total. The van der Waals surface area contributed by atoms with Gasteiger partial charge in [-0.05, 0) is 30.7 Å². The van der Waals surface area contributed by atoms with Crippen LogP contribution in [-0.2, 0) is 16.0 Å². The van der Waals surface area contributed by atoms with Crippen LogP contribution in [0, 0.1) is 0 Å². The number of halogens is 3. The number of hydrogen-bond acceptors (Lipinski definition) is 5. The maximum Gasteiger partial charge on any atom is 0.416 e. The minimum Gasteiger partial charge on any atom is -0.494 e. The zero-order chi connectivity index (χ0) is 22.4. The molecule has 2 aromatic carbocycles. The van der Waals surface area contributed by atoms with Crippen molar-refractivity contribution in [1.82, 2.24) is 4.57 Å². The highest BCUT2D eigenvalue weighted by Crippen LogP contribution is 2.32. The molecule has 3 aromatic rings.